The zero-order chi connectivity index (χ0) is 19.6. The number of aliphatic hydroxyl groups is 1. The lowest BCUT2D eigenvalue weighted by atomic mass is 9.86. The van der Waals surface area contributed by atoms with Crippen LogP contribution in [0, 0.1) is 0 Å². The smallest absolute Gasteiger partial charge is 0.257 e. The maximum Gasteiger partial charge on any atom is 0.257 e. The number of alkyl halides is 1. The largest absolute Gasteiger partial charge is 0.497 e. The van der Waals surface area contributed by atoms with Gasteiger partial charge in [-0.25, -0.2) is 9.37 Å². The molecule has 144 valence electrons. The first-order valence-corrected chi connectivity index (χ1v) is 9.19. The summed E-state index contributed by atoms with van der Waals surface area (Å²) in [4.78, 5) is 17.8. The van der Waals surface area contributed by atoms with Crippen LogP contribution >= 0.6 is 0 Å². The molecule has 2 aliphatic heterocycles. The van der Waals surface area contributed by atoms with E-state index in [2.05, 4.69) is 0 Å². The van der Waals surface area contributed by atoms with E-state index >= 15 is 0 Å². The number of pyridine rings is 2. The van der Waals surface area contributed by atoms with Crippen LogP contribution in [0.5, 0.6) is 5.75 Å². The van der Waals surface area contributed by atoms with E-state index in [1.807, 2.05) is 24.3 Å². The number of halogens is 1. The van der Waals surface area contributed by atoms with Gasteiger partial charge in [-0.2, -0.15) is 0 Å². The molecule has 0 bridgehead atoms. The lowest BCUT2D eigenvalue weighted by Crippen LogP contribution is -2.45. The Labute approximate surface area is 160 Å². The Morgan fingerprint density at radius 2 is 2.21 bits per heavy atom. The number of ether oxygens (including phenoxy) is 2. The van der Waals surface area contributed by atoms with Crippen LogP contribution in [0.15, 0.2) is 35.1 Å². The molecule has 1 aromatic carbocycles. The number of aromatic nitrogens is 2. The van der Waals surface area contributed by atoms with Crippen molar-refractivity contribution in [3.05, 3.63) is 57.4 Å². The minimum absolute atomic E-state index is 0.0991. The summed E-state index contributed by atoms with van der Waals surface area (Å²) in [5.41, 5.74) is 1.44. The van der Waals surface area contributed by atoms with E-state index in [1.54, 1.807) is 24.7 Å². The third-order valence-corrected chi connectivity index (χ3v) is 5.83. The number of hydrogen-bond donors (Lipinski definition) is 1. The summed E-state index contributed by atoms with van der Waals surface area (Å²) >= 11 is 0. The standard InChI is InChI=1S/C21H19FN2O4/c1-3-21(26)15-8-17-18-12(6-11-7-13(27-2)4-5-16(11)23-18)9-24(17)19(25)14(15)10-28-20(21)22/h4-8,20,26H,3,9-10H2,1-2H3/t20-,21+/m1/s1. The van der Waals surface area contributed by atoms with Gasteiger partial charge < -0.3 is 19.1 Å². The molecule has 2 aliphatic rings. The molecule has 2 atom stereocenters. The third kappa shape index (κ3) is 2.20. The third-order valence-electron chi connectivity index (χ3n) is 5.83. The van der Waals surface area contributed by atoms with Crippen molar-refractivity contribution in [2.45, 2.75) is 38.5 Å². The van der Waals surface area contributed by atoms with Crippen molar-refractivity contribution in [2.75, 3.05) is 7.11 Å². The van der Waals surface area contributed by atoms with Gasteiger partial charge in [-0.1, -0.05) is 6.92 Å². The molecule has 0 spiro atoms. The fourth-order valence-corrected chi connectivity index (χ4v) is 4.17. The van der Waals surface area contributed by atoms with Gasteiger partial charge >= 0.3 is 0 Å². The summed E-state index contributed by atoms with van der Waals surface area (Å²) < 4.78 is 26.3. The predicted molar refractivity (Wildman–Crippen MR) is 101 cm³/mol. The molecule has 0 saturated heterocycles. The minimum atomic E-state index is -1.87. The Balaban J connectivity index is 1.75. The van der Waals surface area contributed by atoms with Crippen LogP contribution in [0.25, 0.3) is 22.3 Å². The molecule has 6 nitrogen and oxygen atoms in total. The van der Waals surface area contributed by atoms with Crippen molar-refractivity contribution >= 4 is 10.9 Å². The van der Waals surface area contributed by atoms with Gasteiger partial charge in [-0.15, -0.1) is 0 Å². The van der Waals surface area contributed by atoms with Crippen LogP contribution in [-0.4, -0.2) is 28.1 Å². The average Bonchev–Trinajstić information content (AvgIpc) is 3.07. The fraction of sp³-hybridized carbons (Fsp3) is 0.333. The van der Waals surface area contributed by atoms with Gasteiger partial charge in [0.2, 0.25) is 6.36 Å². The Morgan fingerprint density at radius 1 is 1.39 bits per heavy atom. The van der Waals surface area contributed by atoms with Crippen molar-refractivity contribution in [3.8, 4) is 17.1 Å². The highest BCUT2D eigenvalue weighted by molar-refractivity contribution is 5.85. The highest BCUT2D eigenvalue weighted by Gasteiger charge is 2.45. The van der Waals surface area contributed by atoms with Crippen molar-refractivity contribution in [3.63, 3.8) is 0 Å². The average molecular weight is 382 g/mol. The highest BCUT2D eigenvalue weighted by atomic mass is 19.1. The Hall–Kier alpha value is -2.77. The summed E-state index contributed by atoms with van der Waals surface area (Å²) in [6, 6.07) is 9.28. The van der Waals surface area contributed by atoms with Crippen LogP contribution in [0.1, 0.15) is 30.0 Å². The second-order valence-electron chi connectivity index (χ2n) is 7.27. The second kappa shape index (κ2) is 5.86. The molecular formula is C21H19FN2O4. The zero-order valence-corrected chi connectivity index (χ0v) is 15.5. The topological polar surface area (TPSA) is 73.6 Å². The number of nitrogens with zero attached hydrogens (tertiary/aromatic N) is 2. The van der Waals surface area contributed by atoms with E-state index in [1.165, 1.54) is 0 Å². The van der Waals surface area contributed by atoms with Crippen molar-refractivity contribution in [1.82, 2.24) is 9.55 Å². The summed E-state index contributed by atoms with van der Waals surface area (Å²) in [6.07, 6.45) is -1.77. The van der Waals surface area contributed by atoms with Crippen LogP contribution in [0.4, 0.5) is 4.39 Å². The number of methoxy groups -OCH3 is 1. The van der Waals surface area contributed by atoms with Crippen LogP contribution in [0.3, 0.4) is 0 Å². The van der Waals surface area contributed by atoms with Crippen LogP contribution < -0.4 is 10.3 Å². The molecule has 5 rings (SSSR count). The summed E-state index contributed by atoms with van der Waals surface area (Å²) in [5, 5.41) is 11.8. The van der Waals surface area contributed by atoms with E-state index in [-0.39, 0.29) is 18.6 Å². The predicted octanol–water partition coefficient (Wildman–Crippen LogP) is 2.86. The zero-order valence-electron chi connectivity index (χ0n) is 15.5. The van der Waals surface area contributed by atoms with Crippen molar-refractivity contribution < 1.29 is 19.0 Å². The molecular weight excluding hydrogens is 363 g/mol. The maximum atomic E-state index is 14.4. The summed E-state index contributed by atoms with van der Waals surface area (Å²) in [7, 11) is 1.61. The molecule has 0 radical (unpaired) electrons. The lowest BCUT2D eigenvalue weighted by Gasteiger charge is -2.36. The van der Waals surface area contributed by atoms with Crippen molar-refractivity contribution in [2.24, 2.45) is 0 Å². The van der Waals surface area contributed by atoms with Crippen LogP contribution in [-0.2, 0) is 23.5 Å². The number of benzene rings is 1. The Kier molecular flexibility index (Phi) is 3.63. The van der Waals surface area contributed by atoms with Gasteiger partial charge in [0.1, 0.15) is 11.4 Å². The number of rotatable bonds is 2. The van der Waals surface area contributed by atoms with E-state index in [0.29, 0.717) is 29.1 Å². The highest BCUT2D eigenvalue weighted by Crippen LogP contribution is 2.41. The lowest BCUT2D eigenvalue weighted by molar-refractivity contribution is -0.198. The summed E-state index contributed by atoms with van der Waals surface area (Å²) in [6.45, 7) is 1.89. The fourth-order valence-electron chi connectivity index (χ4n) is 4.17. The van der Waals surface area contributed by atoms with Gasteiger partial charge in [-0.05, 0) is 36.8 Å². The van der Waals surface area contributed by atoms with Gasteiger partial charge in [0, 0.05) is 22.1 Å². The number of hydrogen-bond acceptors (Lipinski definition) is 5. The molecule has 3 aromatic rings. The van der Waals surface area contributed by atoms with Gasteiger partial charge in [0.05, 0.1) is 37.2 Å². The first-order chi connectivity index (χ1) is 13.5. The first kappa shape index (κ1) is 17.3. The van der Waals surface area contributed by atoms with Gasteiger partial charge in [0.15, 0.2) is 0 Å². The van der Waals surface area contributed by atoms with Gasteiger partial charge in [0.25, 0.3) is 5.56 Å². The Morgan fingerprint density at radius 3 is 2.96 bits per heavy atom. The number of fused-ring (bicyclic) bond motifs is 5. The van der Waals surface area contributed by atoms with E-state index < -0.39 is 12.0 Å². The SMILES string of the molecule is CC[C@]1(O)c2cc3n(c(=O)c2CO[C@H]1F)Cc1cc2cc(OC)ccc2nc1-3. The van der Waals surface area contributed by atoms with Crippen LogP contribution in [0.2, 0.25) is 0 Å². The molecule has 7 heteroatoms. The molecule has 4 heterocycles. The van der Waals surface area contributed by atoms with Crippen molar-refractivity contribution in [1.29, 1.82) is 0 Å². The summed E-state index contributed by atoms with van der Waals surface area (Å²) in [5.74, 6) is 0.733. The normalized spacial score (nSPS) is 22.6. The van der Waals surface area contributed by atoms with Gasteiger partial charge in [-0.3, -0.25) is 4.79 Å². The molecule has 0 aliphatic carbocycles. The second-order valence-corrected chi connectivity index (χ2v) is 7.27. The Bertz CT molecular complexity index is 1190. The minimum Gasteiger partial charge on any atom is -0.497 e. The van der Waals surface area contributed by atoms with E-state index in [0.717, 1.165) is 22.2 Å². The van der Waals surface area contributed by atoms with E-state index in [9.17, 15) is 14.3 Å². The quantitative estimate of drug-likeness (QED) is 0.577. The monoisotopic (exact) mass is 382 g/mol. The molecule has 2 aromatic heterocycles. The molecule has 0 amide bonds. The molecule has 0 saturated carbocycles. The molecule has 28 heavy (non-hydrogen) atoms. The molecule has 0 fully saturated rings. The maximum absolute atomic E-state index is 14.4. The molecule has 1 N–H and O–H groups in total. The molecule has 0 unspecified atom stereocenters. The first-order valence-electron chi connectivity index (χ1n) is 9.19. The van der Waals surface area contributed by atoms with E-state index in [4.69, 9.17) is 14.5 Å².